The van der Waals surface area contributed by atoms with Gasteiger partial charge in [-0.05, 0) is 52.0 Å². The van der Waals surface area contributed by atoms with Crippen LogP contribution in [0.3, 0.4) is 0 Å². The molecule has 0 spiro atoms. The number of thiol groups is 1. The van der Waals surface area contributed by atoms with Crippen LogP contribution in [0.2, 0.25) is 0 Å². The molecule has 0 bridgehead atoms. The fourth-order valence-electron chi connectivity index (χ4n) is 4.57. The van der Waals surface area contributed by atoms with Crippen molar-refractivity contribution in [3.8, 4) is 0 Å². The molecule has 0 N–H and O–H groups in total. The molecule has 0 aliphatic heterocycles. The highest BCUT2D eigenvalue weighted by molar-refractivity contribution is 7.80. The fourth-order valence-corrected chi connectivity index (χ4v) is 5.02. The first-order valence-corrected chi connectivity index (χ1v) is 11.7. The van der Waals surface area contributed by atoms with Crippen molar-refractivity contribution >= 4 is 18.5 Å². The average molecular weight is 463 g/mol. The Morgan fingerprint density at radius 1 is 1.35 bits per heavy atom. The molecule has 0 aromatic heterocycles. The molecule has 1 fully saturated rings. The summed E-state index contributed by atoms with van der Waals surface area (Å²) in [6.45, 7) is 8.02. The molecule has 1 amide bonds. The number of nitrogens with zero attached hydrogens (tertiary/aromatic N) is 2. The van der Waals surface area contributed by atoms with E-state index >= 15 is 0 Å². The molecule has 8 heteroatoms. The van der Waals surface area contributed by atoms with E-state index < -0.39 is 23.2 Å². The van der Waals surface area contributed by atoms with Crippen molar-refractivity contribution in [2.45, 2.75) is 83.7 Å². The summed E-state index contributed by atoms with van der Waals surface area (Å²) in [6.07, 6.45) is 3.86. The molecule has 4 nitrogen and oxygen atoms in total. The van der Waals surface area contributed by atoms with Crippen LogP contribution in [-0.4, -0.2) is 65.6 Å². The van der Waals surface area contributed by atoms with Crippen molar-refractivity contribution in [1.29, 1.82) is 0 Å². The number of rotatable bonds is 8. The largest absolute Gasteiger partial charge is 0.394 e. The zero-order valence-electron chi connectivity index (χ0n) is 19.3. The summed E-state index contributed by atoms with van der Waals surface area (Å²) >= 11 is 4.45. The number of carbonyl (C=O) groups is 1. The molecule has 0 aromatic carbocycles. The number of hydrogen-bond acceptors (Lipinski definition) is 4. The summed E-state index contributed by atoms with van der Waals surface area (Å²) in [5.74, 6) is 0.168. The monoisotopic (exact) mass is 462 g/mol. The molecule has 31 heavy (non-hydrogen) atoms. The summed E-state index contributed by atoms with van der Waals surface area (Å²) < 4.78 is 46.4. The Kier molecular flexibility index (Phi) is 8.73. The highest BCUT2D eigenvalue weighted by Gasteiger charge is 2.54. The van der Waals surface area contributed by atoms with Crippen molar-refractivity contribution in [1.82, 2.24) is 9.80 Å². The predicted molar refractivity (Wildman–Crippen MR) is 121 cm³/mol. The number of likely N-dealkylation sites (N-methyl/N-ethyl adjacent to an activating group) is 1. The second-order valence-electron chi connectivity index (χ2n) is 9.50. The fraction of sp³-hybridized carbons (Fsp3) is 0.783. The van der Waals surface area contributed by atoms with Gasteiger partial charge in [0.2, 0.25) is 5.91 Å². The van der Waals surface area contributed by atoms with Gasteiger partial charge in [0, 0.05) is 32.1 Å². The lowest BCUT2D eigenvalue weighted by Crippen LogP contribution is -2.58. The predicted octanol–water partition coefficient (Wildman–Crippen LogP) is 5.22. The van der Waals surface area contributed by atoms with Gasteiger partial charge in [0.1, 0.15) is 0 Å². The van der Waals surface area contributed by atoms with Crippen LogP contribution < -0.4 is 0 Å². The highest BCUT2D eigenvalue weighted by atomic mass is 32.1. The molecule has 178 valence electrons. The molecule has 0 aromatic rings. The Balaban J connectivity index is 2.13. The van der Waals surface area contributed by atoms with Crippen LogP contribution >= 0.6 is 12.6 Å². The van der Waals surface area contributed by atoms with Crippen LogP contribution in [0, 0.1) is 5.41 Å². The number of halogens is 3. The third-order valence-electron chi connectivity index (χ3n) is 6.84. The van der Waals surface area contributed by atoms with Gasteiger partial charge < -0.3 is 9.64 Å². The molecule has 1 unspecified atom stereocenters. The van der Waals surface area contributed by atoms with E-state index in [-0.39, 0.29) is 24.9 Å². The van der Waals surface area contributed by atoms with Crippen molar-refractivity contribution in [3.63, 3.8) is 0 Å². The molecule has 3 atom stereocenters. The summed E-state index contributed by atoms with van der Waals surface area (Å²) in [5, 5.41) is 0. The van der Waals surface area contributed by atoms with Gasteiger partial charge in [-0.1, -0.05) is 31.6 Å². The van der Waals surface area contributed by atoms with Gasteiger partial charge in [-0.3, -0.25) is 9.69 Å². The van der Waals surface area contributed by atoms with Gasteiger partial charge in [-0.2, -0.15) is 25.8 Å². The van der Waals surface area contributed by atoms with Crippen LogP contribution in [0.5, 0.6) is 0 Å². The summed E-state index contributed by atoms with van der Waals surface area (Å²) in [4.78, 5) is 16.9. The Morgan fingerprint density at radius 2 is 2.03 bits per heavy atom. The summed E-state index contributed by atoms with van der Waals surface area (Å²) in [7, 11) is 1.64. The molecule has 2 rings (SSSR count). The minimum Gasteiger partial charge on any atom is -0.374 e. The van der Waals surface area contributed by atoms with Gasteiger partial charge in [-0.25, -0.2) is 0 Å². The van der Waals surface area contributed by atoms with E-state index in [9.17, 15) is 18.0 Å². The molecule has 0 heterocycles. The topological polar surface area (TPSA) is 32.8 Å². The van der Waals surface area contributed by atoms with Gasteiger partial charge >= 0.3 is 6.18 Å². The molecule has 2 aliphatic carbocycles. The molecular weight excluding hydrogens is 425 g/mol. The summed E-state index contributed by atoms with van der Waals surface area (Å²) in [5.41, 5.74) is -1.61. The Labute approximate surface area is 190 Å². The minimum atomic E-state index is -4.26. The van der Waals surface area contributed by atoms with Gasteiger partial charge in [0.25, 0.3) is 0 Å². The Bertz CT molecular complexity index is 693. The minimum absolute atomic E-state index is 0.0236. The lowest BCUT2D eigenvalue weighted by atomic mass is 9.72. The lowest BCUT2D eigenvalue weighted by Gasteiger charge is -2.46. The molecule has 2 aliphatic rings. The van der Waals surface area contributed by atoms with Crippen LogP contribution in [-0.2, 0) is 9.53 Å². The van der Waals surface area contributed by atoms with E-state index in [1.807, 2.05) is 31.7 Å². The maximum absolute atomic E-state index is 13.6. The number of carbonyl (C=O) groups excluding carboxylic acids is 1. The average Bonchev–Trinajstić information content (AvgIpc) is 2.70. The van der Waals surface area contributed by atoms with E-state index in [4.69, 9.17) is 4.74 Å². The van der Waals surface area contributed by atoms with Gasteiger partial charge in [-0.15, -0.1) is 0 Å². The zero-order chi connectivity index (χ0) is 23.4. The highest BCUT2D eigenvalue weighted by Crippen LogP contribution is 2.49. The zero-order valence-corrected chi connectivity index (χ0v) is 20.2. The normalized spacial score (nSPS) is 27.4. The van der Waals surface area contributed by atoms with Crippen molar-refractivity contribution in [2.24, 2.45) is 5.41 Å². The SMILES string of the molecule is CCO[C@@H]1C=C(CN(CS)C(C)(C)C(=O)N(C)C2CCC[C@](C)(C(F)(F)F)C2)C=CC1. The number of alkyl halides is 3. The molecule has 1 saturated carbocycles. The number of amides is 1. The van der Waals surface area contributed by atoms with Crippen LogP contribution in [0.25, 0.3) is 0 Å². The van der Waals surface area contributed by atoms with Crippen LogP contribution in [0.15, 0.2) is 23.8 Å². The first-order valence-electron chi connectivity index (χ1n) is 11.0. The van der Waals surface area contributed by atoms with E-state index in [1.165, 1.54) is 11.8 Å². The molecule has 0 radical (unpaired) electrons. The Hall–Kier alpha value is -0.990. The van der Waals surface area contributed by atoms with E-state index in [0.29, 0.717) is 31.9 Å². The molecular formula is C23H37F3N2O2S. The van der Waals surface area contributed by atoms with E-state index in [1.54, 1.807) is 7.05 Å². The quantitative estimate of drug-likeness (QED) is 0.397. The van der Waals surface area contributed by atoms with Crippen molar-refractivity contribution in [3.05, 3.63) is 23.8 Å². The third kappa shape index (κ3) is 6.08. The van der Waals surface area contributed by atoms with Crippen molar-refractivity contribution in [2.75, 3.05) is 26.1 Å². The number of hydrogen-bond donors (Lipinski definition) is 1. The third-order valence-corrected chi connectivity index (χ3v) is 7.19. The molecule has 0 saturated heterocycles. The summed E-state index contributed by atoms with van der Waals surface area (Å²) in [6, 6.07) is -0.426. The maximum Gasteiger partial charge on any atom is 0.394 e. The Morgan fingerprint density at radius 3 is 2.61 bits per heavy atom. The van der Waals surface area contributed by atoms with Crippen molar-refractivity contribution < 1.29 is 22.7 Å². The second kappa shape index (κ2) is 10.3. The van der Waals surface area contributed by atoms with Crippen LogP contribution in [0.4, 0.5) is 13.2 Å². The van der Waals surface area contributed by atoms with Gasteiger partial charge in [0.05, 0.1) is 17.1 Å². The second-order valence-corrected chi connectivity index (χ2v) is 9.78. The van der Waals surface area contributed by atoms with Crippen LogP contribution in [0.1, 0.15) is 59.8 Å². The first kappa shape index (κ1) is 26.3. The van der Waals surface area contributed by atoms with Gasteiger partial charge in [0.15, 0.2) is 0 Å². The first-order chi connectivity index (χ1) is 14.4. The van der Waals surface area contributed by atoms with E-state index in [2.05, 4.69) is 24.8 Å². The standard InChI is InChI=1S/C23H37F3N2O2S/c1-6-30-19-11-7-9-17(13-19)15-28(16-31)21(2,3)20(29)27(5)18-10-8-12-22(4,14-18)23(24,25)26/h7,9,13,18-19,31H,6,8,10-12,14-16H2,1-5H3/t18?,19-,22-/m0/s1. The maximum atomic E-state index is 13.6. The van der Waals surface area contributed by atoms with E-state index in [0.717, 1.165) is 12.0 Å². The smallest absolute Gasteiger partial charge is 0.374 e. The lowest BCUT2D eigenvalue weighted by molar-refractivity contribution is -0.232. The number of ether oxygens (including phenoxy) is 1.